The van der Waals surface area contributed by atoms with Gasteiger partial charge in [-0.1, -0.05) is 23.7 Å². The van der Waals surface area contributed by atoms with Crippen molar-refractivity contribution >= 4 is 17.5 Å². The summed E-state index contributed by atoms with van der Waals surface area (Å²) in [6, 6.07) is 9.48. The Bertz CT molecular complexity index is 1110. The van der Waals surface area contributed by atoms with Crippen LogP contribution in [-0.4, -0.2) is 40.9 Å². The molecule has 2 N–H and O–H groups in total. The van der Waals surface area contributed by atoms with Gasteiger partial charge in [-0.05, 0) is 36.2 Å². The Kier molecular flexibility index (Phi) is 6.85. The molecular formula is C22H20ClF3N4O3. The summed E-state index contributed by atoms with van der Waals surface area (Å²) in [4.78, 5) is 17.0. The average molecular weight is 481 g/mol. The van der Waals surface area contributed by atoms with Crippen LogP contribution < -0.4 is 10.1 Å². The number of aromatic amines is 1. The Balaban J connectivity index is 1.51. The van der Waals surface area contributed by atoms with Crippen LogP contribution in [0.2, 0.25) is 5.02 Å². The molecule has 1 aliphatic rings. The number of amides is 1. The van der Waals surface area contributed by atoms with Crippen molar-refractivity contribution in [3.05, 3.63) is 64.6 Å². The molecule has 0 spiro atoms. The molecular weight excluding hydrogens is 461 g/mol. The Labute approximate surface area is 192 Å². The van der Waals surface area contributed by atoms with Gasteiger partial charge in [-0.15, -0.1) is 0 Å². The SMILES string of the molecule is O=C(NCc1cc(C(F)(F)F)n[nH]1)c1cnc(OCC2CCOC2)c(-c2ccc(Cl)cc2)c1. The van der Waals surface area contributed by atoms with Gasteiger partial charge in [0.1, 0.15) is 0 Å². The van der Waals surface area contributed by atoms with E-state index in [4.69, 9.17) is 21.1 Å². The summed E-state index contributed by atoms with van der Waals surface area (Å²) in [6.07, 6.45) is -2.29. The Morgan fingerprint density at radius 3 is 2.73 bits per heavy atom. The van der Waals surface area contributed by atoms with E-state index in [-0.39, 0.29) is 23.7 Å². The van der Waals surface area contributed by atoms with Crippen molar-refractivity contribution in [3.63, 3.8) is 0 Å². The van der Waals surface area contributed by atoms with Gasteiger partial charge in [0, 0.05) is 29.3 Å². The Hall–Kier alpha value is -3.11. The van der Waals surface area contributed by atoms with Crippen LogP contribution in [-0.2, 0) is 17.5 Å². The van der Waals surface area contributed by atoms with Crippen LogP contribution in [0.1, 0.15) is 28.2 Å². The number of pyridine rings is 1. The number of hydrogen-bond donors (Lipinski definition) is 2. The quantitative estimate of drug-likeness (QED) is 0.520. The number of carbonyl (C=O) groups excluding carboxylic acids is 1. The number of ether oxygens (including phenoxy) is 2. The number of carbonyl (C=O) groups is 1. The molecule has 1 amide bonds. The monoisotopic (exact) mass is 480 g/mol. The van der Waals surface area contributed by atoms with E-state index >= 15 is 0 Å². The van der Waals surface area contributed by atoms with Crippen LogP contribution in [0.5, 0.6) is 5.88 Å². The third kappa shape index (κ3) is 5.82. The zero-order valence-electron chi connectivity index (χ0n) is 17.3. The van der Waals surface area contributed by atoms with E-state index in [1.165, 1.54) is 6.20 Å². The molecule has 4 rings (SSSR count). The first-order valence-electron chi connectivity index (χ1n) is 10.2. The molecule has 7 nitrogen and oxygen atoms in total. The maximum absolute atomic E-state index is 12.7. The van der Waals surface area contributed by atoms with Crippen LogP contribution in [0.4, 0.5) is 13.2 Å². The second-order valence-corrected chi connectivity index (χ2v) is 8.02. The number of nitrogens with zero attached hydrogens (tertiary/aromatic N) is 2. The highest BCUT2D eigenvalue weighted by Crippen LogP contribution is 2.31. The van der Waals surface area contributed by atoms with Crippen LogP contribution in [0.3, 0.4) is 0 Å². The molecule has 1 aliphatic heterocycles. The summed E-state index contributed by atoms with van der Waals surface area (Å²) in [7, 11) is 0. The van der Waals surface area contributed by atoms with Crippen LogP contribution in [0, 0.1) is 5.92 Å². The van der Waals surface area contributed by atoms with Gasteiger partial charge < -0.3 is 14.8 Å². The summed E-state index contributed by atoms with van der Waals surface area (Å²) in [6.45, 7) is 1.60. The lowest BCUT2D eigenvalue weighted by Crippen LogP contribution is -2.23. The smallest absolute Gasteiger partial charge is 0.435 e. The molecule has 1 aromatic carbocycles. The fraction of sp³-hybridized carbons (Fsp3) is 0.318. The molecule has 33 heavy (non-hydrogen) atoms. The maximum atomic E-state index is 12.7. The minimum Gasteiger partial charge on any atom is -0.477 e. The molecule has 1 saturated heterocycles. The van der Waals surface area contributed by atoms with Crippen molar-refractivity contribution in [1.82, 2.24) is 20.5 Å². The van der Waals surface area contributed by atoms with Crippen LogP contribution in [0.25, 0.3) is 11.1 Å². The number of benzene rings is 1. The molecule has 1 unspecified atom stereocenters. The van der Waals surface area contributed by atoms with Crippen molar-refractivity contribution in [2.75, 3.05) is 19.8 Å². The van der Waals surface area contributed by atoms with Crippen LogP contribution >= 0.6 is 11.6 Å². The first kappa shape index (κ1) is 23.1. The highest BCUT2D eigenvalue weighted by atomic mass is 35.5. The Morgan fingerprint density at radius 2 is 2.06 bits per heavy atom. The molecule has 174 valence electrons. The zero-order valence-corrected chi connectivity index (χ0v) is 18.0. The summed E-state index contributed by atoms with van der Waals surface area (Å²) < 4.78 is 49.4. The number of halogens is 4. The van der Waals surface area contributed by atoms with E-state index in [1.807, 2.05) is 0 Å². The lowest BCUT2D eigenvalue weighted by Gasteiger charge is -2.14. The van der Waals surface area contributed by atoms with Gasteiger partial charge >= 0.3 is 6.18 Å². The molecule has 0 bridgehead atoms. The third-order valence-corrected chi connectivity index (χ3v) is 5.36. The molecule has 0 radical (unpaired) electrons. The van der Waals surface area contributed by atoms with Crippen molar-refractivity contribution in [2.45, 2.75) is 19.1 Å². The minimum absolute atomic E-state index is 0.125. The highest BCUT2D eigenvalue weighted by Gasteiger charge is 2.33. The van der Waals surface area contributed by atoms with Crippen LogP contribution in [0.15, 0.2) is 42.6 Å². The summed E-state index contributed by atoms with van der Waals surface area (Å²) in [5, 5.41) is 8.61. The minimum atomic E-state index is -4.56. The van der Waals surface area contributed by atoms with Crippen molar-refractivity contribution in [3.8, 4) is 17.0 Å². The largest absolute Gasteiger partial charge is 0.477 e. The van der Waals surface area contributed by atoms with Crippen molar-refractivity contribution in [2.24, 2.45) is 5.92 Å². The lowest BCUT2D eigenvalue weighted by atomic mass is 10.0. The molecule has 3 aromatic rings. The molecule has 1 fully saturated rings. The van der Waals surface area contributed by atoms with Gasteiger partial charge in [0.2, 0.25) is 5.88 Å². The first-order valence-corrected chi connectivity index (χ1v) is 10.5. The molecule has 2 aromatic heterocycles. The lowest BCUT2D eigenvalue weighted by molar-refractivity contribution is -0.141. The number of alkyl halides is 3. The molecule has 3 heterocycles. The van der Waals surface area contributed by atoms with E-state index in [9.17, 15) is 18.0 Å². The Morgan fingerprint density at radius 1 is 1.27 bits per heavy atom. The average Bonchev–Trinajstić information content (AvgIpc) is 3.48. The van der Waals surface area contributed by atoms with E-state index in [0.717, 1.165) is 18.1 Å². The normalized spacial score (nSPS) is 16.1. The van der Waals surface area contributed by atoms with E-state index in [1.54, 1.807) is 30.3 Å². The maximum Gasteiger partial charge on any atom is 0.435 e. The van der Waals surface area contributed by atoms with Gasteiger partial charge in [-0.25, -0.2) is 4.98 Å². The predicted molar refractivity (Wildman–Crippen MR) is 114 cm³/mol. The van der Waals surface area contributed by atoms with E-state index in [2.05, 4.69) is 20.5 Å². The first-order chi connectivity index (χ1) is 15.8. The van der Waals surface area contributed by atoms with E-state index < -0.39 is 17.8 Å². The fourth-order valence-electron chi connectivity index (χ4n) is 3.31. The van der Waals surface area contributed by atoms with Crippen molar-refractivity contribution in [1.29, 1.82) is 0 Å². The number of nitrogens with one attached hydrogen (secondary N) is 2. The summed E-state index contributed by atoms with van der Waals surface area (Å²) in [5.74, 6) is 0.129. The van der Waals surface area contributed by atoms with Gasteiger partial charge in [-0.2, -0.15) is 18.3 Å². The van der Waals surface area contributed by atoms with Gasteiger partial charge in [0.05, 0.1) is 31.0 Å². The molecule has 11 heteroatoms. The molecule has 1 atom stereocenters. The van der Waals surface area contributed by atoms with E-state index in [0.29, 0.717) is 36.3 Å². The number of aromatic nitrogens is 3. The predicted octanol–water partition coefficient (Wildman–Crippen LogP) is 4.49. The number of hydrogen-bond acceptors (Lipinski definition) is 5. The number of H-pyrrole nitrogens is 1. The molecule has 0 saturated carbocycles. The topological polar surface area (TPSA) is 89.1 Å². The van der Waals surface area contributed by atoms with Gasteiger partial charge in [0.25, 0.3) is 5.91 Å². The molecule has 0 aliphatic carbocycles. The van der Waals surface area contributed by atoms with Gasteiger partial charge in [0.15, 0.2) is 5.69 Å². The third-order valence-electron chi connectivity index (χ3n) is 5.11. The van der Waals surface area contributed by atoms with Crippen molar-refractivity contribution < 1.29 is 27.4 Å². The van der Waals surface area contributed by atoms with Gasteiger partial charge in [-0.3, -0.25) is 9.89 Å². The standard InChI is InChI=1S/C22H20ClF3N4O3/c23-16-3-1-14(2-4-16)18-7-15(9-28-21(18)33-12-13-5-6-32-11-13)20(31)27-10-17-8-19(30-29-17)22(24,25)26/h1-4,7-9,13H,5-6,10-12H2,(H,27,31)(H,29,30). The second-order valence-electron chi connectivity index (χ2n) is 7.58. The zero-order chi connectivity index (χ0) is 23.4. The fourth-order valence-corrected chi connectivity index (χ4v) is 3.44. The number of rotatable bonds is 7. The second kappa shape index (κ2) is 9.80. The highest BCUT2D eigenvalue weighted by molar-refractivity contribution is 6.30. The summed E-state index contributed by atoms with van der Waals surface area (Å²) >= 11 is 5.99. The summed E-state index contributed by atoms with van der Waals surface area (Å²) in [5.41, 5.74) is 0.654.